The van der Waals surface area contributed by atoms with Crippen LogP contribution in [0.15, 0.2) is 48.7 Å². The predicted molar refractivity (Wildman–Crippen MR) is 98.6 cm³/mol. The van der Waals surface area contributed by atoms with E-state index in [0.29, 0.717) is 11.1 Å². The van der Waals surface area contributed by atoms with Gasteiger partial charge in [-0.1, -0.05) is 31.0 Å². The summed E-state index contributed by atoms with van der Waals surface area (Å²) in [6.45, 7) is 0. The maximum Gasteiger partial charge on any atom is 0.269 e. The molecule has 25 heavy (non-hydrogen) atoms. The van der Waals surface area contributed by atoms with Gasteiger partial charge in [-0.05, 0) is 30.5 Å². The lowest BCUT2D eigenvalue weighted by Crippen LogP contribution is -2.21. The summed E-state index contributed by atoms with van der Waals surface area (Å²) in [5, 5.41) is 13.7. The summed E-state index contributed by atoms with van der Waals surface area (Å²) in [5.74, 6) is 0.357. The molecule has 6 nitrogen and oxygen atoms in total. The van der Waals surface area contributed by atoms with Crippen LogP contribution in [0.2, 0.25) is 0 Å². The Morgan fingerprint density at radius 1 is 1.20 bits per heavy atom. The standard InChI is InChI=1S/C18H19N3O3S/c22-18(20-16-7-3-4-12-19-16)17(25-15-5-1-2-6-15)13-8-10-14(11-9-13)21(23)24/h3-4,7-12,15,17H,1-2,5-6H2,(H,19,20,22). The van der Waals surface area contributed by atoms with E-state index in [4.69, 9.17) is 0 Å². The van der Waals surface area contributed by atoms with Gasteiger partial charge in [0.15, 0.2) is 0 Å². The third kappa shape index (κ3) is 4.57. The van der Waals surface area contributed by atoms with Gasteiger partial charge in [0.25, 0.3) is 5.69 Å². The molecule has 0 radical (unpaired) electrons. The van der Waals surface area contributed by atoms with E-state index in [0.717, 1.165) is 18.4 Å². The minimum absolute atomic E-state index is 0.0264. The van der Waals surface area contributed by atoms with Gasteiger partial charge < -0.3 is 5.32 Å². The van der Waals surface area contributed by atoms with Crippen LogP contribution in [0.25, 0.3) is 0 Å². The van der Waals surface area contributed by atoms with Crippen molar-refractivity contribution in [2.24, 2.45) is 0 Å². The van der Waals surface area contributed by atoms with Gasteiger partial charge in [0.1, 0.15) is 11.1 Å². The van der Waals surface area contributed by atoms with Crippen LogP contribution in [-0.4, -0.2) is 21.1 Å². The van der Waals surface area contributed by atoms with Crippen LogP contribution < -0.4 is 5.32 Å². The maximum atomic E-state index is 12.8. The summed E-state index contributed by atoms with van der Waals surface area (Å²) in [5.41, 5.74) is 0.800. The lowest BCUT2D eigenvalue weighted by atomic mass is 10.1. The number of thioether (sulfide) groups is 1. The van der Waals surface area contributed by atoms with E-state index in [9.17, 15) is 14.9 Å². The van der Waals surface area contributed by atoms with Crippen molar-refractivity contribution in [1.82, 2.24) is 4.98 Å². The van der Waals surface area contributed by atoms with E-state index >= 15 is 0 Å². The molecule has 7 heteroatoms. The Kier molecular flexibility index (Phi) is 5.65. The van der Waals surface area contributed by atoms with Gasteiger partial charge in [0.2, 0.25) is 5.91 Å². The SMILES string of the molecule is O=C(Nc1ccccn1)C(SC1CCCC1)c1ccc([N+](=O)[O-])cc1. The van der Waals surface area contributed by atoms with Gasteiger partial charge in [0.05, 0.1) is 4.92 Å². The van der Waals surface area contributed by atoms with Gasteiger partial charge in [-0.3, -0.25) is 14.9 Å². The molecule has 3 rings (SSSR count). The Hall–Kier alpha value is -2.41. The minimum Gasteiger partial charge on any atom is -0.309 e. The number of hydrogen-bond donors (Lipinski definition) is 1. The normalized spacial score (nSPS) is 15.7. The number of carbonyl (C=O) groups excluding carboxylic acids is 1. The quantitative estimate of drug-likeness (QED) is 0.614. The number of nitro benzene ring substituents is 1. The number of hydrogen-bond acceptors (Lipinski definition) is 5. The highest BCUT2D eigenvalue weighted by atomic mass is 32.2. The number of anilines is 1. The molecule has 1 N–H and O–H groups in total. The zero-order valence-electron chi connectivity index (χ0n) is 13.6. The molecule has 1 unspecified atom stereocenters. The number of aromatic nitrogens is 1. The van der Waals surface area contributed by atoms with Crippen LogP contribution in [-0.2, 0) is 4.79 Å². The summed E-state index contributed by atoms with van der Waals surface area (Å²) in [6, 6.07) is 11.6. The van der Waals surface area contributed by atoms with Crippen LogP contribution in [0.4, 0.5) is 11.5 Å². The van der Waals surface area contributed by atoms with Crippen molar-refractivity contribution in [2.75, 3.05) is 5.32 Å². The number of benzene rings is 1. The number of nitrogens with one attached hydrogen (secondary N) is 1. The van der Waals surface area contributed by atoms with E-state index in [-0.39, 0.29) is 11.6 Å². The molecule has 0 saturated heterocycles. The first kappa shape index (κ1) is 17.4. The molecule has 130 valence electrons. The topological polar surface area (TPSA) is 85.1 Å². The highest BCUT2D eigenvalue weighted by molar-refractivity contribution is 8.00. The number of carbonyl (C=O) groups is 1. The molecule has 1 amide bonds. The average Bonchev–Trinajstić information content (AvgIpc) is 3.14. The molecule has 1 aliphatic rings. The van der Waals surface area contributed by atoms with Gasteiger partial charge in [-0.2, -0.15) is 0 Å². The summed E-state index contributed by atoms with van der Waals surface area (Å²) in [6.07, 6.45) is 6.20. The number of non-ortho nitro benzene ring substituents is 1. The lowest BCUT2D eigenvalue weighted by molar-refractivity contribution is -0.384. The fourth-order valence-corrected chi connectivity index (χ4v) is 4.40. The van der Waals surface area contributed by atoms with Crippen LogP contribution in [0.1, 0.15) is 36.5 Å². The summed E-state index contributed by atoms with van der Waals surface area (Å²) < 4.78 is 0. The van der Waals surface area contributed by atoms with Crippen LogP contribution in [0.5, 0.6) is 0 Å². The molecular formula is C18H19N3O3S. The molecule has 2 aromatic rings. The molecule has 0 aliphatic heterocycles. The maximum absolute atomic E-state index is 12.8. The Balaban J connectivity index is 1.80. The minimum atomic E-state index is -0.434. The fraction of sp³-hybridized carbons (Fsp3) is 0.333. The third-order valence-electron chi connectivity index (χ3n) is 4.19. The monoisotopic (exact) mass is 357 g/mol. The first-order valence-electron chi connectivity index (χ1n) is 8.25. The van der Waals surface area contributed by atoms with Crippen molar-refractivity contribution < 1.29 is 9.72 Å². The number of nitro groups is 1. The van der Waals surface area contributed by atoms with E-state index in [2.05, 4.69) is 10.3 Å². The Morgan fingerprint density at radius 2 is 1.92 bits per heavy atom. The molecule has 0 bridgehead atoms. The molecule has 0 spiro atoms. The number of rotatable bonds is 6. The van der Waals surface area contributed by atoms with Crippen molar-refractivity contribution in [3.63, 3.8) is 0 Å². The second kappa shape index (κ2) is 8.11. The van der Waals surface area contributed by atoms with Crippen LogP contribution >= 0.6 is 11.8 Å². The van der Waals surface area contributed by atoms with Crippen molar-refractivity contribution in [1.29, 1.82) is 0 Å². The van der Waals surface area contributed by atoms with Crippen molar-refractivity contribution >= 4 is 29.2 Å². The highest BCUT2D eigenvalue weighted by Gasteiger charge is 2.28. The number of amides is 1. The molecule has 1 aromatic heterocycles. The van der Waals surface area contributed by atoms with E-state index in [1.54, 1.807) is 42.2 Å². The molecule has 1 aromatic carbocycles. The predicted octanol–water partition coefficient (Wildman–Crippen LogP) is 4.35. The van der Waals surface area contributed by atoms with Crippen molar-refractivity contribution in [3.8, 4) is 0 Å². The second-order valence-electron chi connectivity index (χ2n) is 5.98. The second-order valence-corrected chi connectivity index (χ2v) is 7.39. The third-order valence-corrected chi connectivity index (χ3v) is 5.81. The van der Waals surface area contributed by atoms with Gasteiger partial charge in [-0.15, -0.1) is 11.8 Å². The zero-order valence-corrected chi connectivity index (χ0v) is 14.4. The number of nitrogens with zero attached hydrogens (tertiary/aromatic N) is 2. The van der Waals surface area contributed by atoms with Crippen molar-refractivity contribution in [2.45, 2.75) is 36.2 Å². The smallest absolute Gasteiger partial charge is 0.269 e. The van der Waals surface area contributed by atoms with Crippen LogP contribution in [0, 0.1) is 10.1 Å². The van der Waals surface area contributed by atoms with E-state index in [1.165, 1.54) is 25.0 Å². The van der Waals surface area contributed by atoms with Gasteiger partial charge >= 0.3 is 0 Å². The summed E-state index contributed by atoms with van der Waals surface area (Å²) in [7, 11) is 0. The lowest BCUT2D eigenvalue weighted by Gasteiger charge is -2.20. The van der Waals surface area contributed by atoms with Gasteiger partial charge in [-0.25, -0.2) is 4.98 Å². The van der Waals surface area contributed by atoms with Crippen molar-refractivity contribution in [3.05, 3.63) is 64.3 Å². The summed E-state index contributed by atoms with van der Waals surface area (Å²) >= 11 is 1.64. The molecule has 1 saturated carbocycles. The van der Waals surface area contributed by atoms with Gasteiger partial charge in [0, 0.05) is 23.6 Å². The molecule has 1 aliphatic carbocycles. The zero-order chi connectivity index (χ0) is 17.6. The Morgan fingerprint density at radius 3 is 2.52 bits per heavy atom. The van der Waals surface area contributed by atoms with E-state index < -0.39 is 10.2 Å². The molecular weight excluding hydrogens is 338 g/mol. The molecule has 1 atom stereocenters. The highest BCUT2D eigenvalue weighted by Crippen LogP contribution is 2.40. The Labute approximate surface area is 150 Å². The fourth-order valence-electron chi connectivity index (χ4n) is 2.91. The van der Waals surface area contributed by atoms with E-state index in [1.807, 2.05) is 6.07 Å². The molecule has 1 heterocycles. The first-order valence-corrected chi connectivity index (χ1v) is 9.19. The first-order chi connectivity index (χ1) is 12.1. The molecule has 1 fully saturated rings. The summed E-state index contributed by atoms with van der Waals surface area (Å²) in [4.78, 5) is 27.4. The largest absolute Gasteiger partial charge is 0.309 e. The Bertz CT molecular complexity index is 731. The number of pyridine rings is 1. The average molecular weight is 357 g/mol. The van der Waals surface area contributed by atoms with Crippen LogP contribution in [0.3, 0.4) is 0 Å².